The van der Waals surface area contributed by atoms with Crippen LogP contribution in [0.5, 0.6) is 0 Å². The molecule has 0 aliphatic heterocycles. The number of para-hydroxylation sites is 1. The summed E-state index contributed by atoms with van der Waals surface area (Å²) in [6.07, 6.45) is 8.10. The third-order valence-corrected chi connectivity index (χ3v) is 3.96. The van der Waals surface area contributed by atoms with Crippen molar-refractivity contribution >= 4 is 17.6 Å². The van der Waals surface area contributed by atoms with Gasteiger partial charge in [-0.05, 0) is 24.5 Å². The fraction of sp³-hybridized carbons (Fsp3) is 0.556. The maximum Gasteiger partial charge on any atom is 0.306 e. The van der Waals surface area contributed by atoms with E-state index in [1.54, 1.807) is 6.07 Å². The quantitative estimate of drug-likeness (QED) is 0.329. The lowest BCUT2D eigenvalue weighted by Gasteiger charge is -2.14. The highest BCUT2D eigenvalue weighted by Crippen LogP contribution is 2.24. The lowest BCUT2D eigenvalue weighted by molar-refractivity contribution is -0.142. The van der Waals surface area contributed by atoms with E-state index in [1.165, 1.54) is 25.7 Å². The Morgan fingerprint density at radius 2 is 1.78 bits per heavy atom. The zero-order chi connectivity index (χ0) is 17.1. The first-order chi connectivity index (χ1) is 11.0. The molecule has 0 radical (unpaired) electrons. The van der Waals surface area contributed by atoms with Crippen LogP contribution in [0.2, 0.25) is 0 Å². The van der Waals surface area contributed by atoms with Crippen molar-refractivity contribution in [3.05, 3.63) is 29.8 Å². The standard InChI is InChI=1S/C18H29N3O2/c1-2-3-4-5-6-7-11-15(17(22)23)13-14-10-8-9-12-16(14)21-18(19)20/h8-10,12,15H,2-7,11,13H2,1H3,(H,22,23)(H4,19,20,21). The van der Waals surface area contributed by atoms with Gasteiger partial charge in [-0.3, -0.25) is 4.79 Å². The molecule has 5 nitrogen and oxygen atoms in total. The summed E-state index contributed by atoms with van der Waals surface area (Å²) in [5, 5.41) is 9.46. The summed E-state index contributed by atoms with van der Waals surface area (Å²) < 4.78 is 0. The number of benzene rings is 1. The number of carboxylic acid groups (broad SMARTS) is 1. The van der Waals surface area contributed by atoms with E-state index in [0.717, 1.165) is 18.4 Å². The van der Waals surface area contributed by atoms with Gasteiger partial charge in [-0.25, -0.2) is 4.99 Å². The SMILES string of the molecule is CCCCCCCCC(Cc1ccccc1N=C(N)N)C(=O)O. The molecule has 0 saturated carbocycles. The van der Waals surface area contributed by atoms with E-state index in [0.29, 0.717) is 18.5 Å². The molecule has 0 amide bonds. The van der Waals surface area contributed by atoms with Crippen molar-refractivity contribution in [2.75, 3.05) is 0 Å². The zero-order valence-corrected chi connectivity index (χ0v) is 14.0. The van der Waals surface area contributed by atoms with Crippen LogP contribution < -0.4 is 11.5 Å². The lowest BCUT2D eigenvalue weighted by Crippen LogP contribution is -2.22. The minimum Gasteiger partial charge on any atom is -0.481 e. The van der Waals surface area contributed by atoms with Crippen molar-refractivity contribution in [2.24, 2.45) is 22.4 Å². The van der Waals surface area contributed by atoms with Gasteiger partial charge in [-0.1, -0.05) is 63.6 Å². The van der Waals surface area contributed by atoms with Crippen LogP contribution in [0.15, 0.2) is 29.3 Å². The molecule has 5 heteroatoms. The van der Waals surface area contributed by atoms with Gasteiger partial charge in [0.1, 0.15) is 0 Å². The Morgan fingerprint density at radius 3 is 2.43 bits per heavy atom. The van der Waals surface area contributed by atoms with Crippen LogP contribution in [-0.2, 0) is 11.2 Å². The number of guanidine groups is 1. The average Bonchev–Trinajstić information content (AvgIpc) is 2.50. The minimum absolute atomic E-state index is 0.0137. The van der Waals surface area contributed by atoms with Crippen molar-refractivity contribution in [1.82, 2.24) is 0 Å². The molecule has 5 N–H and O–H groups in total. The number of nitrogens with zero attached hydrogens (tertiary/aromatic N) is 1. The van der Waals surface area contributed by atoms with Gasteiger partial charge in [-0.2, -0.15) is 0 Å². The van der Waals surface area contributed by atoms with Gasteiger partial charge in [0.25, 0.3) is 0 Å². The zero-order valence-electron chi connectivity index (χ0n) is 14.0. The predicted molar refractivity (Wildman–Crippen MR) is 94.7 cm³/mol. The van der Waals surface area contributed by atoms with Crippen molar-refractivity contribution in [3.63, 3.8) is 0 Å². The summed E-state index contributed by atoms with van der Waals surface area (Å²) in [5.74, 6) is -1.16. The van der Waals surface area contributed by atoms with Crippen LogP contribution in [-0.4, -0.2) is 17.0 Å². The highest BCUT2D eigenvalue weighted by atomic mass is 16.4. The second-order valence-corrected chi connectivity index (χ2v) is 5.96. The number of carbonyl (C=O) groups is 1. The third-order valence-electron chi connectivity index (χ3n) is 3.96. The Bertz CT molecular complexity index is 511. The summed E-state index contributed by atoms with van der Waals surface area (Å²) in [5.41, 5.74) is 12.4. The number of hydrogen-bond acceptors (Lipinski definition) is 2. The second-order valence-electron chi connectivity index (χ2n) is 5.96. The van der Waals surface area contributed by atoms with Crippen LogP contribution in [0.4, 0.5) is 5.69 Å². The molecule has 0 aliphatic carbocycles. The molecule has 1 aromatic rings. The number of hydrogen-bond donors (Lipinski definition) is 3. The van der Waals surface area contributed by atoms with E-state index in [4.69, 9.17) is 11.5 Å². The van der Waals surface area contributed by atoms with E-state index in [-0.39, 0.29) is 5.96 Å². The number of unbranched alkanes of at least 4 members (excludes halogenated alkanes) is 5. The number of carboxylic acids is 1. The summed E-state index contributed by atoms with van der Waals surface area (Å²) in [6, 6.07) is 7.41. The minimum atomic E-state index is -0.752. The van der Waals surface area contributed by atoms with Crippen LogP contribution in [0.25, 0.3) is 0 Å². The summed E-state index contributed by atoms with van der Waals surface area (Å²) in [4.78, 5) is 15.6. The molecule has 0 aromatic heterocycles. The Kier molecular flexibility index (Phi) is 8.80. The van der Waals surface area contributed by atoms with Crippen LogP contribution in [0.1, 0.15) is 57.4 Å². The molecule has 1 unspecified atom stereocenters. The Labute approximate surface area is 138 Å². The number of nitrogens with two attached hydrogens (primary N) is 2. The molecule has 0 spiro atoms. The summed E-state index contributed by atoms with van der Waals surface area (Å²) in [6.45, 7) is 2.19. The fourth-order valence-corrected chi connectivity index (χ4v) is 2.68. The molecule has 1 aromatic carbocycles. The van der Waals surface area contributed by atoms with E-state index in [1.807, 2.05) is 18.2 Å². The molecule has 0 fully saturated rings. The number of rotatable bonds is 11. The maximum atomic E-state index is 11.5. The molecule has 1 atom stereocenters. The molecule has 0 bridgehead atoms. The van der Waals surface area contributed by atoms with Gasteiger partial charge in [0, 0.05) is 0 Å². The summed E-state index contributed by atoms with van der Waals surface area (Å²) in [7, 11) is 0. The molecule has 0 saturated heterocycles. The van der Waals surface area contributed by atoms with Gasteiger partial charge in [0.2, 0.25) is 0 Å². The average molecular weight is 319 g/mol. The van der Waals surface area contributed by atoms with E-state index >= 15 is 0 Å². The Morgan fingerprint density at radius 1 is 1.13 bits per heavy atom. The van der Waals surface area contributed by atoms with Crippen LogP contribution >= 0.6 is 0 Å². The number of aliphatic carboxylic acids is 1. The van der Waals surface area contributed by atoms with Gasteiger partial charge in [0.15, 0.2) is 5.96 Å². The van der Waals surface area contributed by atoms with Crippen molar-refractivity contribution in [3.8, 4) is 0 Å². The molecular formula is C18H29N3O2. The van der Waals surface area contributed by atoms with Gasteiger partial charge in [0.05, 0.1) is 11.6 Å². The third kappa shape index (κ3) is 7.68. The first kappa shape index (κ1) is 19.0. The molecular weight excluding hydrogens is 290 g/mol. The maximum absolute atomic E-state index is 11.5. The Hall–Kier alpha value is -2.04. The molecule has 0 heterocycles. The first-order valence-electron chi connectivity index (χ1n) is 8.45. The van der Waals surface area contributed by atoms with E-state index < -0.39 is 11.9 Å². The highest BCUT2D eigenvalue weighted by molar-refractivity contribution is 5.79. The van der Waals surface area contributed by atoms with E-state index in [2.05, 4.69) is 11.9 Å². The highest BCUT2D eigenvalue weighted by Gasteiger charge is 2.19. The topological polar surface area (TPSA) is 102 Å². The first-order valence-corrected chi connectivity index (χ1v) is 8.45. The normalized spacial score (nSPS) is 11.9. The predicted octanol–water partition coefficient (Wildman–Crippen LogP) is 3.59. The van der Waals surface area contributed by atoms with Crippen molar-refractivity contribution in [2.45, 2.75) is 58.3 Å². The smallest absolute Gasteiger partial charge is 0.306 e. The molecule has 1 rings (SSSR count). The van der Waals surface area contributed by atoms with Crippen molar-refractivity contribution in [1.29, 1.82) is 0 Å². The molecule has 0 aliphatic rings. The monoisotopic (exact) mass is 319 g/mol. The Balaban J connectivity index is 2.59. The van der Waals surface area contributed by atoms with Gasteiger partial charge >= 0.3 is 5.97 Å². The molecule has 128 valence electrons. The van der Waals surface area contributed by atoms with Crippen molar-refractivity contribution < 1.29 is 9.90 Å². The fourth-order valence-electron chi connectivity index (χ4n) is 2.68. The summed E-state index contributed by atoms with van der Waals surface area (Å²) >= 11 is 0. The second kappa shape index (κ2) is 10.6. The number of aliphatic imine (C=N–C) groups is 1. The van der Waals surface area contributed by atoms with Gasteiger partial charge in [-0.15, -0.1) is 0 Å². The van der Waals surface area contributed by atoms with E-state index in [9.17, 15) is 9.90 Å². The molecule has 23 heavy (non-hydrogen) atoms. The lowest BCUT2D eigenvalue weighted by atomic mass is 9.92. The largest absolute Gasteiger partial charge is 0.481 e. The van der Waals surface area contributed by atoms with Gasteiger partial charge < -0.3 is 16.6 Å². The van der Waals surface area contributed by atoms with Crippen LogP contribution in [0.3, 0.4) is 0 Å². The van der Waals surface area contributed by atoms with Crippen LogP contribution in [0, 0.1) is 5.92 Å².